The van der Waals surface area contributed by atoms with Crippen molar-refractivity contribution in [2.45, 2.75) is 0 Å². The molecule has 3 rings (SSSR count). The van der Waals surface area contributed by atoms with E-state index in [2.05, 4.69) is 27.0 Å². The second-order valence-electron chi connectivity index (χ2n) is 3.44. The van der Waals surface area contributed by atoms with Crippen molar-refractivity contribution in [2.75, 3.05) is 0 Å². The summed E-state index contributed by atoms with van der Waals surface area (Å²) in [5.41, 5.74) is 3.01. The van der Waals surface area contributed by atoms with Crippen LogP contribution in [0, 0.1) is 11.3 Å². The van der Waals surface area contributed by atoms with Crippen LogP contribution in [0.2, 0.25) is 0 Å². The zero-order valence-electron chi connectivity index (χ0n) is 8.70. The molecule has 0 radical (unpaired) electrons. The minimum Gasteiger partial charge on any atom is -0.265 e. The molecule has 0 saturated heterocycles. The van der Waals surface area contributed by atoms with Gasteiger partial charge in [-0.3, -0.25) is 4.99 Å². The number of benzene rings is 1. The van der Waals surface area contributed by atoms with E-state index in [1.807, 2.05) is 6.07 Å². The highest BCUT2D eigenvalue weighted by Gasteiger charge is 2.09. The van der Waals surface area contributed by atoms with Gasteiger partial charge in [-0.1, -0.05) is 0 Å². The summed E-state index contributed by atoms with van der Waals surface area (Å²) in [5, 5.41) is 21.0. The summed E-state index contributed by atoms with van der Waals surface area (Å²) in [6.45, 7) is 3.47. The van der Waals surface area contributed by atoms with Gasteiger partial charge in [-0.15, -0.1) is 10.2 Å². The smallest absolute Gasteiger partial charge is 0.195 e. The maximum absolute atomic E-state index is 8.90. The maximum Gasteiger partial charge on any atom is 0.195 e. The monoisotopic (exact) mass is 222 g/mol. The van der Waals surface area contributed by atoms with E-state index in [1.165, 1.54) is 6.20 Å². The molecule has 2 aromatic heterocycles. The number of hydrogen-bond donors (Lipinski definition) is 0. The Balaban J connectivity index is 2.50. The van der Waals surface area contributed by atoms with Crippen LogP contribution in [-0.2, 0) is 0 Å². The third-order valence-electron chi connectivity index (χ3n) is 2.49. The number of hydrogen-bond acceptors (Lipinski definition) is 5. The molecule has 0 unspecified atom stereocenters. The molecule has 0 aliphatic carbocycles. The Morgan fingerprint density at radius 1 is 1.35 bits per heavy atom. The molecular weight excluding hydrogens is 216 g/mol. The van der Waals surface area contributed by atoms with Gasteiger partial charge in [0.25, 0.3) is 0 Å². The van der Waals surface area contributed by atoms with Crippen molar-refractivity contribution in [1.82, 2.24) is 19.8 Å². The maximum atomic E-state index is 8.90. The molecule has 1 aromatic carbocycles. The Morgan fingerprint density at radius 3 is 3.00 bits per heavy atom. The quantitative estimate of drug-likeness (QED) is 0.584. The molecule has 6 nitrogen and oxygen atoms in total. The van der Waals surface area contributed by atoms with Crippen LogP contribution >= 0.6 is 0 Å². The van der Waals surface area contributed by atoms with Gasteiger partial charge in [0.05, 0.1) is 17.4 Å². The minimum absolute atomic E-state index is 0.399. The van der Waals surface area contributed by atoms with Gasteiger partial charge >= 0.3 is 0 Å². The topological polar surface area (TPSA) is 79.2 Å². The van der Waals surface area contributed by atoms with Crippen LogP contribution < -0.4 is 0 Å². The molecule has 2 heterocycles. The van der Waals surface area contributed by atoms with Crippen LogP contribution in [0.4, 0.5) is 5.69 Å². The van der Waals surface area contributed by atoms with Crippen molar-refractivity contribution in [3.8, 4) is 6.07 Å². The van der Waals surface area contributed by atoms with Crippen molar-refractivity contribution in [3.05, 3.63) is 30.0 Å². The number of rotatable bonds is 1. The van der Waals surface area contributed by atoms with Gasteiger partial charge < -0.3 is 0 Å². The third-order valence-corrected chi connectivity index (χ3v) is 2.49. The zero-order valence-corrected chi connectivity index (χ0v) is 8.70. The number of nitriles is 1. The van der Waals surface area contributed by atoms with Gasteiger partial charge in [0.15, 0.2) is 5.65 Å². The van der Waals surface area contributed by atoms with E-state index < -0.39 is 0 Å². The van der Waals surface area contributed by atoms with Crippen LogP contribution in [0.25, 0.3) is 16.7 Å². The molecule has 0 atom stereocenters. The number of nitrogens with zero attached hydrogens (tertiary/aromatic N) is 6. The van der Waals surface area contributed by atoms with Crippen molar-refractivity contribution < 1.29 is 0 Å². The lowest BCUT2D eigenvalue weighted by molar-refractivity contribution is 0.943. The Labute approximate surface area is 95.8 Å². The van der Waals surface area contributed by atoms with Gasteiger partial charge in [0.1, 0.15) is 17.1 Å². The van der Waals surface area contributed by atoms with Crippen LogP contribution in [0.15, 0.2) is 29.4 Å². The molecule has 0 saturated carbocycles. The minimum atomic E-state index is 0.399. The highest BCUT2D eigenvalue weighted by Crippen LogP contribution is 2.20. The molecular formula is C11H6N6. The largest absolute Gasteiger partial charge is 0.265 e. The molecule has 0 fully saturated rings. The van der Waals surface area contributed by atoms with Crippen LogP contribution in [0.3, 0.4) is 0 Å². The van der Waals surface area contributed by atoms with Gasteiger partial charge in [0, 0.05) is 0 Å². The normalized spacial score (nSPS) is 10.5. The summed E-state index contributed by atoms with van der Waals surface area (Å²) in [4.78, 5) is 3.85. The molecule has 80 valence electrons. The van der Waals surface area contributed by atoms with E-state index in [0.29, 0.717) is 16.7 Å². The fraction of sp³-hybridized carbons (Fsp3) is 0. The molecule has 0 aliphatic rings. The van der Waals surface area contributed by atoms with Crippen LogP contribution in [0.1, 0.15) is 5.56 Å². The Kier molecular flexibility index (Phi) is 1.86. The van der Waals surface area contributed by atoms with E-state index in [9.17, 15) is 0 Å². The highest BCUT2D eigenvalue weighted by atomic mass is 15.3. The van der Waals surface area contributed by atoms with Crippen molar-refractivity contribution in [2.24, 2.45) is 4.99 Å². The number of fused-ring (bicyclic) bond motifs is 3. The highest BCUT2D eigenvalue weighted by molar-refractivity contribution is 5.80. The first kappa shape index (κ1) is 9.42. The second-order valence-corrected chi connectivity index (χ2v) is 3.44. The Bertz CT molecular complexity index is 780. The Morgan fingerprint density at radius 2 is 2.24 bits per heavy atom. The number of aromatic nitrogens is 4. The molecule has 0 spiro atoms. The Hall–Kier alpha value is -2.81. The number of aliphatic imine (C=N–C) groups is 1. The first-order chi connectivity index (χ1) is 8.33. The molecule has 17 heavy (non-hydrogen) atoms. The summed E-state index contributed by atoms with van der Waals surface area (Å²) < 4.78 is 1.58. The van der Waals surface area contributed by atoms with E-state index in [0.717, 1.165) is 11.2 Å². The molecule has 0 N–H and O–H groups in total. The van der Waals surface area contributed by atoms with Crippen LogP contribution in [-0.4, -0.2) is 26.5 Å². The molecule has 0 amide bonds. The molecule has 3 aromatic rings. The second kappa shape index (κ2) is 3.35. The SMILES string of the molecule is C=Nc1ccc2nnc3c(C#N)cnn3c2c1. The van der Waals surface area contributed by atoms with E-state index in [4.69, 9.17) is 5.26 Å². The lowest BCUT2D eigenvalue weighted by atomic mass is 10.2. The summed E-state index contributed by atoms with van der Waals surface area (Å²) >= 11 is 0. The fourth-order valence-electron chi connectivity index (χ4n) is 1.66. The predicted molar refractivity (Wildman–Crippen MR) is 62.2 cm³/mol. The van der Waals surface area contributed by atoms with E-state index in [-0.39, 0.29) is 0 Å². The van der Waals surface area contributed by atoms with Crippen molar-refractivity contribution in [3.63, 3.8) is 0 Å². The van der Waals surface area contributed by atoms with E-state index >= 15 is 0 Å². The standard InChI is InChI=1S/C11H6N6/c1-13-8-2-3-9-10(4-8)17-11(16-15-9)7(5-12)6-14-17/h2-4,6H,1H2. The average Bonchev–Trinajstić information content (AvgIpc) is 2.81. The van der Waals surface area contributed by atoms with Crippen molar-refractivity contribution in [1.29, 1.82) is 5.26 Å². The molecule has 0 aliphatic heterocycles. The summed E-state index contributed by atoms with van der Waals surface area (Å²) in [7, 11) is 0. The summed E-state index contributed by atoms with van der Waals surface area (Å²) in [6.07, 6.45) is 1.47. The first-order valence-corrected chi connectivity index (χ1v) is 4.84. The van der Waals surface area contributed by atoms with Crippen molar-refractivity contribution >= 4 is 29.1 Å². The summed E-state index contributed by atoms with van der Waals surface area (Å²) in [5.74, 6) is 0. The van der Waals surface area contributed by atoms with E-state index in [1.54, 1.807) is 22.7 Å². The van der Waals surface area contributed by atoms with Gasteiger partial charge in [0.2, 0.25) is 0 Å². The fourth-order valence-corrected chi connectivity index (χ4v) is 1.66. The van der Waals surface area contributed by atoms with Gasteiger partial charge in [-0.2, -0.15) is 10.4 Å². The average molecular weight is 222 g/mol. The molecule has 6 heteroatoms. The molecule has 0 bridgehead atoms. The lowest BCUT2D eigenvalue weighted by Gasteiger charge is -2.00. The first-order valence-electron chi connectivity index (χ1n) is 4.84. The van der Waals surface area contributed by atoms with Gasteiger partial charge in [-0.05, 0) is 24.9 Å². The summed E-state index contributed by atoms with van der Waals surface area (Å²) in [6, 6.07) is 7.41. The lowest BCUT2D eigenvalue weighted by Crippen LogP contribution is -1.96. The van der Waals surface area contributed by atoms with Crippen LogP contribution in [0.5, 0.6) is 0 Å². The zero-order chi connectivity index (χ0) is 11.8. The van der Waals surface area contributed by atoms with Gasteiger partial charge in [-0.25, -0.2) is 4.52 Å². The third kappa shape index (κ3) is 1.26. The predicted octanol–water partition coefficient (Wildman–Crippen LogP) is 1.48.